The summed E-state index contributed by atoms with van der Waals surface area (Å²) in [5.41, 5.74) is 2.95. The van der Waals surface area contributed by atoms with Gasteiger partial charge in [0.05, 0.1) is 5.69 Å². The third-order valence-electron chi connectivity index (χ3n) is 2.77. The highest BCUT2D eigenvalue weighted by Crippen LogP contribution is 2.30. The van der Waals surface area contributed by atoms with Gasteiger partial charge in [0.15, 0.2) is 5.96 Å². The molecule has 4 heteroatoms. The second-order valence-electron chi connectivity index (χ2n) is 4.42. The number of rotatable bonds is 2. The van der Waals surface area contributed by atoms with Crippen LogP contribution >= 0.6 is 11.6 Å². The van der Waals surface area contributed by atoms with E-state index in [1.54, 1.807) is 4.90 Å². The van der Waals surface area contributed by atoms with Crippen molar-refractivity contribution in [3.05, 3.63) is 53.6 Å². The number of nitrogens with zero attached hydrogens (tertiary/aromatic N) is 1. The van der Waals surface area contributed by atoms with Gasteiger partial charge in [0.1, 0.15) is 0 Å². The van der Waals surface area contributed by atoms with Gasteiger partial charge in [-0.3, -0.25) is 5.41 Å². The molecule has 0 aliphatic rings. The summed E-state index contributed by atoms with van der Waals surface area (Å²) >= 11 is 6.04. The molecular formula is C15H16ClN3. The molecule has 2 aromatic carbocycles. The molecule has 0 bridgehead atoms. The Morgan fingerprint density at radius 1 is 1.11 bits per heavy atom. The summed E-state index contributed by atoms with van der Waals surface area (Å²) < 4.78 is 0. The van der Waals surface area contributed by atoms with E-state index in [9.17, 15) is 0 Å². The average Bonchev–Trinajstić information content (AvgIpc) is 2.39. The highest BCUT2D eigenvalue weighted by Gasteiger charge is 2.08. The Kier molecular flexibility index (Phi) is 4.07. The topological polar surface area (TPSA) is 39.1 Å². The molecule has 3 nitrogen and oxygen atoms in total. The third-order valence-corrected chi connectivity index (χ3v) is 3.00. The van der Waals surface area contributed by atoms with Gasteiger partial charge in [0.2, 0.25) is 0 Å². The van der Waals surface area contributed by atoms with Gasteiger partial charge in [-0.1, -0.05) is 48.0 Å². The Balaban J connectivity index is 2.42. The van der Waals surface area contributed by atoms with E-state index >= 15 is 0 Å². The van der Waals surface area contributed by atoms with Crippen molar-refractivity contribution in [1.29, 1.82) is 5.41 Å². The van der Waals surface area contributed by atoms with Gasteiger partial charge in [-0.15, -0.1) is 0 Å². The summed E-state index contributed by atoms with van der Waals surface area (Å²) in [5.74, 6) is 0.319. The Morgan fingerprint density at radius 3 is 2.42 bits per heavy atom. The molecule has 0 fully saturated rings. The summed E-state index contributed by atoms with van der Waals surface area (Å²) in [6.07, 6.45) is 0. The molecule has 0 aliphatic carbocycles. The summed E-state index contributed by atoms with van der Waals surface area (Å²) in [7, 11) is 3.64. The van der Waals surface area contributed by atoms with Crippen LogP contribution in [0.15, 0.2) is 48.5 Å². The molecule has 98 valence electrons. The molecule has 0 saturated carbocycles. The fourth-order valence-corrected chi connectivity index (χ4v) is 1.90. The highest BCUT2D eigenvalue weighted by molar-refractivity contribution is 6.31. The number of hydrogen-bond acceptors (Lipinski definition) is 1. The zero-order chi connectivity index (χ0) is 13.8. The molecule has 19 heavy (non-hydrogen) atoms. The zero-order valence-corrected chi connectivity index (χ0v) is 11.7. The number of anilines is 1. The lowest BCUT2D eigenvalue weighted by Crippen LogP contribution is -2.28. The van der Waals surface area contributed by atoms with E-state index in [1.807, 2.05) is 62.6 Å². The monoisotopic (exact) mass is 273 g/mol. The number of hydrogen-bond donors (Lipinski definition) is 2. The lowest BCUT2D eigenvalue weighted by molar-refractivity contribution is 0.616. The first-order valence-electron chi connectivity index (χ1n) is 5.96. The van der Waals surface area contributed by atoms with Crippen molar-refractivity contribution in [3.63, 3.8) is 0 Å². The van der Waals surface area contributed by atoms with Crippen LogP contribution in [0.25, 0.3) is 11.1 Å². The maximum Gasteiger partial charge on any atom is 0.195 e. The summed E-state index contributed by atoms with van der Waals surface area (Å²) in [6, 6.07) is 15.7. The molecule has 0 amide bonds. The van der Waals surface area contributed by atoms with Crippen LogP contribution in [-0.2, 0) is 0 Å². The third kappa shape index (κ3) is 3.26. The standard InChI is InChI=1S/C15H16ClN3/c1-19(2)15(17)18-14-10-12(16)8-9-13(14)11-6-4-3-5-7-11/h3-10H,1-2H3,(H2,17,18). The summed E-state index contributed by atoms with van der Waals surface area (Å²) in [4.78, 5) is 1.70. The molecule has 2 rings (SSSR count). The molecule has 0 heterocycles. The van der Waals surface area contributed by atoms with E-state index in [4.69, 9.17) is 17.0 Å². The molecule has 0 unspecified atom stereocenters. The fourth-order valence-electron chi connectivity index (χ4n) is 1.73. The molecule has 0 atom stereocenters. The minimum Gasteiger partial charge on any atom is -0.349 e. The van der Waals surface area contributed by atoms with Crippen molar-refractivity contribution < 1.29 is 0 Å². The quantitative estimate of drug-likeness (QED) is 0.643. The van der Waals surface area contributed by atoms with E-state index in [0.717, 1.165) is 16.8 Å². The van der Waals surface area contributed by atoms with Gasteiger partial charge in [-0.2, -0.15) is 0 Å². The summed E-state index contributed by atoms with van der Waals surface area (Å²) in [5, 5.41) is 11.6. The van der Waals surface area contributed by atoms with Crippen LogP contribution in [0, 0.1) is 5.41 Å². The largest absolute Gasteiger partial charge is 0.349 e. The molecule has 0 aromatic heterocycles. The average molecular weight is 274 g/mol. The van der Waals surface area contributed by atoms with Crippen LogP contribution in [0.4, 0.5) is 5.69 Å². The van der Waals surface area contributed by atoms with Gasteiger partial charge in [0.25, 0.3) is 0 Å². The van der Waals surface area contributed by atoms with E-state index in [-0.39, 0.29) is 0 Å². The Labute approximate surface area is 118 Å². The smallest absolute Gasteiger partial charge is 0.195 e. The number of halogens is 1. The molecular weight excluding hydrogens is 258 g/mol. The van der Waals surface area contributed by atoms with Gasteiger partial charge in [-0.25, -0.2) is 0 Å². The summed E-state index contributed by atoms with van der Waals surface area (Å²) in [6.45, 7) is 0. The van der Waals surface area contributed by atoms with Gasteiger partial charge < -0.3 is 10.2 Å². The van der Waals surface area contributed by atoms with Crippen molar-refractivity contribution in [2.75, 3.05) is 19.4 Å². The molecule has 0 radical (unpaired) electrons. The lowest BCUT2D eigenvalue weighted by atomic mass is 10.0. The number of guanidine groups is 1. The van der Waals surface area contributed by atoms with Crippen LogP contribution in [0.3, 0.4) is 0 Å². The first-order valence-corrected chi connectivity index (χ1v) is 6.33. The Hall–Kier alpha value is -2.00. The minimum atomic E-state index is 0.319. The maximum atomic E-state index is 7.88. The van der Waals surface area contributed by atoms with E-state index in [0.29, 0.717) is 11.0 Å². The van der Waals surface area contributed by atoms with Gasteiger partial charge in [-0.05, 0) is 17.7 Å². The second-order valence-corrected chi connectivity index (χ2v) is 4.86. The molecule has 0 spiro atoms. The first kappa shape index (κ1) is 13.4. The van der Waals surface area contributed by atoms with Crippen LogP contribution in [0.2, 0.25) is 5.02 Å². The van der Waals surface area contributed by atoms with E-state index in [1.165, 1.54) is 0 Å². The zero-order valence-electron chi connectivity index (χ0n) is 10.9. The SMILES string of the molecule is CN(C)C(=N)Nc1cc(Cl)ccc1-c1ccccc1. The van der Waals surface area contributed by atoms with Crippen molar-refractivity contribution in [2.24, 2.45) is 0 Å². The van der Waals surface area contributed by atoms with Crippen molar-refractivity contribution in [1.82, 2.24) is 4.90 Å². The van der Waals surface area contributed by atoms with Crippen molar-refractivity contribution in [3.8, 4) is 11.1 Å². The van der Waals surface area contributed by atoms with Crippen LogP contribution in [0.1, 0.15) is 0 Å². The molecule has 0 saturated heterocycles. The lowest BCUT2D eigenvalue weighted by Gasteiger charge is -2.18. The van der Waals surface area contributed by atoms with Crippen LogP contribution in [0.5, 0.6) is 0 Å². The number of benzene rings is 2. The van der Waals surface area contributed by atoms with Crippen molar-refractivity contribution in [2.45, 2.75) is 0 Å². The first-order chi connectivity index (χ1) is 9.08. The minimum absolute atomic E-state index is 0.319. The normalized spacial score (nSPS) is 10.1. The predicted molar refractivity (Wildman–Crippen MR) is 81.9 cm³/mol. The fraction of sp³-hybridized carbons (Fsp3) is 0.133. The molecule has 2 N–H and O–H groups in total. The second kappa shape index (κ2) is 5.76. The van der Waals surface area contributed by atoms with Crippen LogP contribution < -0.4 is 5.32 Å². The maximum absolute atomic E-state index is 7.88. The Morgan fingerprint density at radius 2 is 1.79 bits per heavy atom. The van der Waals surface area contributed by atoms with Crippen molar-refractivity contribution >= 4 is 23.2 Å². The predicted octanol–water partition coefficient (Wildman–Crippen LogP) is 3.92. The molecule has 2 aromatic rings. The van der Waals surface area contributed by atoms with Crippen LogP contribution in [-0.4, -0.2) is 25.0 Å². The van der Waals surface area contributed by atoms with E-state index in [2.05, 4.69) is 5.32 Å². The van der Waals surface area contributed by atoms with Gasteiger partial charge >= 0.3 is 0 Å². The highest BCUT2D eigenvalue weighted by atomic mass is 35.5. The van der Waals surface area contributed by atoms with Gasteiger partial charge in [0, 0.05) is 24.7 Å². The Bertz CT molecular complexity index is 579. The van der Waals surface area contributed by atoms with E-state index < -0.39 is 0 Å². The number of nitrogens with one attached hydrogen (secondary N) is 2. The molecule has 0 aliphatic heterocycles.